The minimum atomic E-state index is -1.31. The van der Waals surface area contributed by atoms with Crippen molar-refractivity contribution in [2.24, 2.45) is 11.8 Å². The Kier molecular flexibility index (Phi) is 9.75. The zero-order valence-corrected chi connectivity index (χ0v) is 25.6. The largest absolute Gasteiger partial charge is 0.493 e. The molecule has 1 heterocycles. The van der Waals surface area contributed by atoms with Gasteiger partial charge in [-0.3, -0.25) is 4.79 Å². The number of amides is 1. The minimum absolute atomic E-state index is 0.0219. The summed E-state index contributed by atoms with van der Waals surface area (Å²) in [5.74, 6) is 0.0277. The molecule has 1 amide bonds. The lowest BCUT2D eigenvalue weighted by Gasteiger charge is -2.41. The number of hydrogen-bond donors (Lipinski definition) is 2. The molecule has 1 aromatic rings. The highest BCUT2D eigenvalue weighted by molar-refractivity contribution is 5.86. The highest BCUT2D eigenvalue weighted by Gasteiger charge is 2.46. The molecular formula is C32H45NO9. The standard InChI is InChI=1S/C32H45NO9/c1-19(2)18-39-29(35)23(33-30(36)42-31(3,4)5)16-27(34)40-24-13-14-32(37)17-26(24)41-28-22-10-8-7-9-21(32)15-20(22)11-12-25(28)38-6/h11-13,19,21,23,26,37H,7-10,14-18H2,1-6H3,(H,33,36)/t21-,23+,26-,32+/m1/s1. The summed E-state index contributed by atoms with van der Waals surface area (Å²) < 4.78 is 28.6. The second-order valence-corrected chi connectivity index (χ2v) is 13.0. The van der Waals surface area contributed by atoms with Crippen LogP contribution in [0.25, 0.3) is 0 Å². The van der Waals surface area contributed by atoms with Gasteiger partial charge in [0.15, 0.2) is 17.6 Å². The van der Waals surface area contributed by atoms with Gasteiger partial charge in [-0.25, -0.2) is 9.59 Å². The molecule has 0 fully saturated rings. The van der Waals surface area contributed by atoms with Gasteiger partial charge < -0.3 is 34.1 Å². The van der Waals surface area contributed by atoms with Crippen molar-refractivity contribution in [2.75, 3.05) is 13.7 Å². The van der Waals surface area contributed by atoms with E-state index in [1.807, 2.05) is 19.9 Å². The summed E-state index contributed by atoms with van der Waals surface area (Å²) in [6, 6.07) is 2.63. The predicted molar refractivity (Wildman–Crippen MR) is 154 cm³/mol. The summed E-state index contributed by atoms with van der Waals surface area (Å²) in [5, 5.41) is 14.3. The molecular weight excluding hydrogens is 542 g/mol. The van der Waals surface area contributed by atoms with E-state index < -0.39 is 47.8 Å². The molecule has 0 unspecified atom stereocenters. The van der Waals surface area contributed by atoms with Crippen molar-refractivity contribution in [1.29, 1.82) is 0 Å². The first kappa shape index (κ1) is 31.7. The fraction of sp³-hybridized carbons (Fsp3) is 0.656. The van der Waals surface area contributed by atoms with E-state index in [4.69, 9.17) is 23.7 Å². The molecule has 2 aliphatic carbocycles. The Labute approximate surface area is 248 Å². The zero-order valence-electron chi connectivity index (χ0n) is 25.6. The molecule has 0 saturated carbocycles. The number of aliphatic hydroxyl groups is 1. The van der Waals surface area contributed by atoms with Crippen LogP contribution in [0, 0.1) is 11.8 Å². The average molecular weight is 588 g/mol. The molecule has 10 heteroatoms. The Hall–Kier alpha value is -3.27. The highest BCUT2D eigenvalue weighted by atomic mass is 16.6. The third-order valence-corrected chi connectivity index (χ3v) is 7.91. The molecule has 10 nitrogen and oxygen atoms in total. The van der Waals surface area contributed by atoms with Gasteiger partial charge in [0.25, 0.3) is 0 Å². The number of methoxy groups -OCH3 is 1. The predicted octanol–water partition coefficient (Wildman–Crippen LogP) is 4.78. The Balaban J connectivity index is 1.56. The van der Waals surface area contributed by atoms with Gasteiger partial charge in [0.05, 0.1) is 25.7 Å². The van der Waals surface area contributed by atoms with E-state index in [1.54, 1.807) is 34.0 Å². The smallest absolute Gasteiger partial charge is 0.408 e. The topological polar surface area (TPSA) is 130 Å². The van der Waals surface area contributed by atoms with Crippen LogP contribution in [0.1, 0.15) is 84.3 Å². The quantitative estimate of drug-likeness (QED) is 0.326. The third-order valence-electron chi connectivity index (χ3n) is 7.91. The monoisotopic (exact) mass is 587 g/mol. The molecule has 0 spiro atoms. The van der Waals surface area contributed by atoms with E-state index in [-0.39, 0.29) is 30.6 Å². The second-order valence-electron chi connectivity index (χ2n) is 13.0. The summed E-state index contributed by atoms with van der Waals surface area (Å²) in [6.45, 7) is 8.99. The van der Waals surface area contributed by atoms with Crippen LogP contribution >= 0.6 is 0 Å². The van der Waals surface area contributed by atoms with Crippen LogP contribution in [-0.4, -0.2) is 60.2 Å². The van der Waals surface area contributed by atoms with Gasteiger partial charge in [-0.05, 0) is 82.4 Å². The highest BCUT2D eigenvalue weighted by Crippen LogP contribution is 2.47. The van der Waals surface area contributed by atoms with Gasteiger partial charge in [0, 0.05) is 12.0 Å². The molecule has 3 aliphatic rings. The first-order valence-corrected chi connectivity index (χ1v) is 14.9. The molecule has 4 rings (SSSR count). The number of nitrogens with one attached hydrogen (secondary N) is 1. The first-order chi connectivity index (χ1) is 19.8. The van der Waals surface area contributed by atoms with Crippen molar-refractivity contribution in [3.63, 3.8) is 0 Å². The lowest BCUT2D eigenvalue weighted by Crippen LogP contribution is -2.47. The average Bonchev–Trinajstić information content (AvgIpc) is 2.88. The van der Waals surface area contributed by atoms with E-state index in [9.17, 15) is 19.5 Å². The summed E-state index contributed by atoms with van der Waals surface area (Å²) in [5.41, 5.74) is 0.378. The number of alkyl carbamates (subject to hydrolysis) is 1. The molecule has 4 atom stereocenters. The molecule has 6 bridgehead atoms. The number of esters is 2. The fourth-order valence-electron chi connectivity index (χ4n) is 5.85. The number of ether oxygens (including phenoxy) is 5. The number of fused-ring (bicyclic) bond motifs is 4. The van der Waals surface area contributed by atoms with Crippen molar-refractivity contribution in [3.8, 4) is 11.5 Å². The van der Waals surface area contributed by atoms with Gasteiger partial charge in [-0.2, -0.15) is 0 Å². The number of hydrogen-bond acceptors (Lipinski definition) is 9. The van der Waals surface area contributed by atoms with Gasteiger partial charge >= 0.3 is 18.0 Å². The van der Waals surface area contributed by atoms with Crippen LogP contribution in [0.3, 0.4) is 0 Å². The van der Waals surface area contributed by atoms with Gasteiger partial charge in [0.1, 0.15) is 17.4 Å². The van der Waals surface area contributed by atoms with Crippen molar-refractivity contribution in [2.45, 2.75) is 109 Å². The normalized spacial score (nSPS) is 24.0. The molecule has 0 aromatic heterocycles. The molecule has 42 heavy (non-hydrogen) atoms. The van der Waals surface area contributed by atoms with E-state index >= 15 is 0 Å². The third kappa shape index (κ3) is 7.76. The van der Waals surface area contributed by atoms with Crippen LogP contribution in [0.15, 0.2) is 24.0 Å². The van der Waals surface area contributed by atoms with Gasteiger partial charge in [0.2, 0.25) is 0 Å². The Morgan fingerprint density at radius 2 is 1.95 bits per heavy atom. The maximum absolute atomic E-state index is 13.2. The maximum Gasteiger partial charge on any atom is 0.408 e. The Bertz CT molecular complexity index is 1200. The van der Waals surface area contributed by atoms with E-state index in [1.165, 1.54) is 0 Å². The minimum Gasteiger partial charge on any atom is -0.493 e. The summed E-state index contributed by atoms with van der Waals surface area (Å²) in [4.78, 5) is 38.6. The van der Waals surface area contributed by atoms with Gasteiger partial charge in [-0.15, -0.1) is 0 Å². The number of rotatable bonds is 8. The SMILES string of the molecule is COc1ccc2c3c1O[C@@H]1C[C@@](O)(CC=C1OC(=O)C[C@H](NC(=O)OC(C)(C)C)C(=O)OCC(C)C)[C@H](CCCC3)C2. The number of carbonyl (C=O) groups excluding carboxylic acids is 3. The summed E-state index contributed by atoms with van der Waals surface area (Å²) in [6.07, 6.45) is 4.62. The summed E-state index contributed by atoms with van der Waals surface area (Å²) in [7, 11) is 1.59. The van der Waals surface area contributed by atoms with Crippen molar-refractivity contribution >= 4 is 18.0 Å². The second kappa shape index (κ2) is 12.9. The van der Waals surface area contributed by atoms with Crippen molar-refractivity contribution < 1.29 is 43.2 Å². The maximum atomic E-state index is 13.2. The number of benzene rings is 1. The van der Waals surface area contributed by atoms with Crippen molar-refractivity contribution in [1.82, 2.24) is 5.32 Å². The Morgan fingerprint density at radius 3 is 2.64 bits per heavy atom. The lowest BCUT2D eigenvalue weighted by molar-refractivity contribution is -0.152. The van der Waals surface area contributed by atoms with Crippen molar-refractivity contribution in [3.05, 3.63) is 35.1 Å². The van der Waals surface area contributed by atoms with Crippen LogP contribution in [-0.2, 0) is 36.6 Å². The van der Waals surface area contributed by atoms with E-state index in [0.717, 1.165) is 43.2 Å². The van der Waals surface area contributed by atoms with E-state index in [0.29, 0.717) is 17.9 Å². The van der Waals surface area contributed by atoms with Crippen LogP contribution in [0.2, 0.25) is 0 Å². The summed E-state index contributed by atoms with van der Waals surface area (Å²) >= 11 is 0. The van der Waals surface area contributed by atoms with Crippen LogP contribution in [0.5, 0.6) is 11.5 Å². The molecule has 1 aromatic carbocycles. The van der Waals surface area contributed by atoms with Crippen LogP contribution in [0.4, 0.5) is 4.79 Å². The first-order valence-electron chi connectivity index (χ1n) is 14.9. The molecule has 2 N–H and O–H groups in total. The van der Waals surface area contributed by atoms with E-state index in [2.05, 4.69) is 11.4 Å². The lowest BCUT2D eigenvalue weighted by atomic mass is 9.71. The number of carbonyl (C=O) groups is 3. The Morgan fingerprint density at radius 1 is 1.19 bits per heavy atom. The van der Waals surface area contributed by atoms with Gasteiger partial charge in [-0.1, -0.05) is 26.3 Å². The van der Waals surface area contributed by atoms with Crippen LogP contribution < -0.4 is 14.8 Å². The molecule has 0 radical (unpaired) electrons. The molecule has 0 saturated heterocycles. The molecule has 232 valence electrons. The fourth-order valence-corrected chi connectivity index (χ4v) is 5.85. The molecule has 1 aliphatic heterocycles. The zero-order chi connectivity index (χ0) is 30.7.